The highest BCUT2D eigenvalue weighted by Crippen LogP contribution is 2.20. The molecule has 0 unspecified atom stereocenters. The molecule has 2 aromatic rings. The summed E-state index contributed by atoms with van der Waals surface area (Å²) in [5, 5.41) is 3.89. The van der Waals surface area contributed by atoms with Crippen molar-refractivity contribution in [1.82, 2.24) is 10.3 Å². The van der Waals surface area contributed by atoms with E-state index >= 15 is 0 Å². The minimum absolute atomic E-state index is 0.0226. The third-order valence-electron chi connectivity index (χ3n) is 3.44. The first-order chi connectivity index (χ1) is 9.58. The van der Waals surface area contributed by atoms with E-state index in [9.17, 15) is 4.79 Å². The number of nitrogen functional groups attached to an aromatic ring is 1. The Morgan fingerprint density at radius 2 is 2.15 bits per heavy atom. The van der Waals surface area contributed by atoms with Gasteiger partial charge in [0, 0.05) is 29.3 Å². The normalized spacial score (nSPS) is 11.2. The van der Waals surface area contributed by atoms with E-state index in [1.807, 2.05) is 18.2 Å². The topological polar surface area (TPSA) is 70.9 Å². The molecular weight excluding hydrogens is 250 g/mol. The average molecular weight is 273 g/mol. The number of nitrogens with two attached hydrogens (primary N) is 1. The van der Waals surface area contributed by atoms with E-state index in [4.69, 9.17) is 5.73 Å². The number of benzene rings is 1. The largest absolute Gasteiger partial charge is 0.399 e. The summed E-state index contributed by atoms with van der Waals surface area (Å²) in [7, 11) is 0. The van der Waals surface area contributed by atoms with Crippen molar-refractivity contribution in [1.29, 1.82) is 0 Å². The molecule has 4 heteroatoms. The number of rotatable bonds is 6. The van der Waals surface area contributed by atoms with Crippen LogP contribution in [0.1, 0.15) is 43.5 Å². The Labute approximate surface area is 119 Å². The number of carbonyl (C=O) groups is 1. The van der Waals surface area contributed by atoms with Gasteiger partial charge in [-0.1, -0.05) is 26.7 Å². The molecule has 0 saturated heterocycles. The van der Waals surface area contributed by atoms with Crippen LogP contribution in [-0.4, -0.2) is 17.4 Å². The molecule has 0 radical (unpaired) electrons. The number of fused-ring (bicyclic) bond motifs is 1. The van der Waals surface area contributed by atoms with Crippen LogP contribution in [0.15, 0.2) is 24.4 Å². The Hall–Kier alpha value is -1.97. The summed E-state index contributed by atoms with van der Waals surface area (Å²) in [5.74, 6) is 0.704. The maximum absolute atomic E-state index is 12.1. The predicted octanol–water partition coefficient (Wildman–Crippen LogP) is 3.31. The number of aromatic nitrogens is 1. The summed E-state index contributed by atoms with van der Waals surface area (Å²) >= 11 is 0. The van der Waals surface area contributed by atoms with E-state index in [0.717, 1.165) is 36.2 Å². The fourth-order valence-electron chi connectivity index (χ4n) is 2.31. The summed E-state index contributed by atoms with van der Waals surface area (Å²) in [6.45, 7) is 5.17. The fourth-order valence-corrected chi connectivity index (χ4v) is 2.31. The van der Waals surface area contributed by atoms with Gasteiger partial charge in [-0.3, -0.25) is 4.79 Å². The number of anilines is 1. The van der Waals surface area contributed by atoms with Gasteiger partial charge in [-0.25, -0.2) is 0 Å². The highest BCUT2D eigenvalue weighted by molar-refractivity contribution is 6.07. The van der Waals surface area contributed by atoms with Gasteiger partial charge in [-0.15, -0.1) is 0 Å². The van der Waals surface area contributed by atoms with Crippen LogP contribution in [0.2, 0.25) is 0 Å². The molecule has 0 aliphatic heterocycles. The van der Waals surface area contributed by atoms with Crippen molar-refractivity contribution in [3.63, 3.8) is 0 Å². The van der Waals surface area contributed by atoms with Gasteiger partial charge in [0.05, 0.1) is 5.56 Å². The zero-order valence-corrected chi connectivity index (χ0v) is 12.2. The lowest BCUT2D eigenvalue weighted by molar-refractivity contribution is 0.0954. The van der Waals surface area contributed by atoms with Gasteiger partial charge in [0.2, 0.25) is 0 Å². The number of aromatic amines is 1. The predicted molar refractivity (Wildman–Crippen MR) is 83.7 cm³/mol. The van der Waals surface area contributed by atoms with E-state index in [-0.39, 0.29) is 5.91 Å². The minimum Gasteiger partial charge on any atom is -0.399 e. The summed E-state index contributed by atoms with van der Waals surface area (Å²) < 4.78 is 0. The van der Waals surface area contributed by atoms with Crippen molar-refractivity contribution in [2.75, 3.05) is 12.3 Å². The third-order valence-corrected chi connectivity index (χ3v) is 3.44. The molecule has 0 bridgehead atoms. The first-order valence-corrected chi connectivity index (χ1v) is 7.22. The fraction of sp³-hybridized carbons (Fsp3) is 0.438. The van der Waals surface area contributed by atoms with Crippen LogP contribution in [0.5, 0.6) is 0 Å². The lowest BCUT2D eigenvalue weighted by Gasteiger charge is -2.06. The molecule has 1 heterocycles. The Bertz CT molecular complexity index is 586. The molecule has 0 atom stereocenters. The molecule has 108 valence electrons. The van der Waals surface area contributed by atoms with E-state index in [0.29, 0.717) is 11.3 Å². The van der Waals surface area contributed by atoms with Crippen molar-refractivity contribution in [3.8, 4) is 0 Å². The smallest absolute Gasteiger partial charge is 0.253 e. The SMILES string of the molecule is CC(C)CCCCNC(=O)c1c[nH]c2cc(N)ccc12. The molecule has 2 rings (SSSR count). The number of hydrogen-bond acceptors (Lipinski definition) is 2. The molecule has 1 aromatic heterocycles. The monoisotopic (exact) mass is 273 g/mol. The van der Waals surface area contributed by atoms with E-state index in [1.165, 1.54) is 6.42 Å². The molecule has 1 aromatic carbocycles. The Morgan fingerprint density at radius 1 is 1.35 bits per heavy atom. The van der Waals surface area contributed by atoms with Crippen LogP contribution >= 0.6 is 0 Å². The number of H-pyrrole nitrogens is 1. The molecule has 0 saturated carbocycles. The van der Waals surface area contributed by atoms with Crippen LogP contribution in [-0.2, 0) is 0 Å². The van der Waals surface area contributed by atoms with E-state index in [1.54, 1.807) is 6.20 Å². The standard InChI is InChI=1S/C16H23N3O/c1-11(2)5-3-4-8-18-16(20)14-10-19-15-9-12(17)6-7-13(14)15/h6-7,9-11,19H,3-5,8,17H2,1-2H3,(H,18,20). The molecule has 0 spiro atoms. The number of nitrogens with one attached hydrogen (secondary N) is 2. The molecule has 4 N–H and O–H groups in total. The van der Waals surface area contributed by atoms with Crippen molar-refractivity contribution >= 4 is 22.5 Å². The third kappa shape index (κ3) is 3.53. The van der Waals surface area contributed by atoms with Gasteiger partial charge in [0.25, 0.3) is 5.91 Å². The average Bonchev–Trinajstić information content (AvgIpc) is 2.80. The maximum atomic E-state index is 12.1. The minimum atomic E-state index is -0.0226. The molecule has 20 heavy (non-hydrogen) atoms. The van der Waals surface area contributed by atoms with E-state index in [2.05, 4.69) is 24.1 Å². The van der Waals surface area contributed by atoms with Gasteiger partial charge >= 0.3 is 0 Å². The number of hydrogen-bond donors (Lipinski definition) is 3. The van der Waals surface area contributed by atoms with Crippen LogP contribution in [0.3, 0.4) is 0 Å². The van der Waals surface area contributed by atoms with Gasteiger partial charge in [0.15, 0.2) is 0 Å². The maximum Gasteiger partial charge on any atom is 0.253 e. The molecule has 0 aliphatic carbocycles. The highest BCUT2D eigenvalue weighted by Gasteiger charge is 2.11. The summed E-state index contributed by atoms with van der Waals surface area (Å²) in [4.78, 5) is 15.2. The first kappa shape index (κ1) is 14.4. The summed E-state index contributed by atoms with van der Waals surface area (Å²) in [6.07, 6.45) is 5.14. The Morgan fingerprint density at radius 3 is 2.90 bits per heavy atom. The Balaban J connectivity index is 1.91. The van der Waals surface area contributed by atoms with Gasteiger partial charge < -0.3 is 16.0 Å². The van der Waals surface area contributed by atoms with Crippen molar-refractivity contribution in [2.45, 2.75) is 33.1 Å². The lowest BCUT2D eigenvalue weighted by Crippen LogP contribution is -2.24. The molecule has 1 amide bonds. The second-order valence-electron chi connectivity index (χ2n) is 5.65. The zero-order valence-electron chi connectivity index (χ0n) is 12.2. The van der Waals surface area contributed by atoms with E-state index < -0.39 is 0 Å². The van der Waals surface area contributed by atoms with Crippen LogP contribution in [0.25, 0.3) is 10.9 Å². The van der Waals surface area contributed by atoms with Crippen LogP contribution < -0.4 is 11.1 Å². The van der Waals surface area contributed by atoms with Crippen molar-refractivity contribution in [2.24, 2.45) is 5.92 Å². The molecule has 0 aliphatic rings. The van der Waals surface area contributed by atoms with Crippen molar-refractivity contribution < 1.29 is 4.79 Å². The van der Waals surface area contributed by atoms with Crippen molar-refractivity contribution in [3.05, 3.63) is 30.0 Å². The van der Waals surface area contributed by atoms with Gasteiger partial charge in [-0.2, -0.15) is 0 Å². The molecule has 4 nitrogen and oxygen atoms in total. The first-order valence-electron chi connectivity index (χ1n) is 7.22. The second-order valence-corrected chi connectivity index (χ2v) is 5.65. The quantitative estimate of drug-likeness (QED) is 0.558. The zero-order chi connectivity index (χ0) is 14.5. The van der Waals surface area contributed by atoms with Gasteiger partial charge in [0.1, 0.15) is 0 Å². The molecule has 0 fully saturated rings. The number of carbonyl (C=O) groups excluding carboxylic acids is 1. The highest BCUT2D eigenvalue weighted by atomic mass is 16.1. The Kier molecular flexibility index (Phi) is 4.66. The number of amides is 1. The van der Waals surface area contributed by atoms with Gasteiger partial charge in [-0.05, 0) is 30.5 Å². The van der Waals surface area contributed by atoms with Crippen LogP contribution in [0, 0.1) is 5.92 Å². The van der Waals surface area contributed by atoms with Crippen LogP contribution in [0.4, 0.5) is 5.69 Å². The summed E-state index contributed by atoms with van der Waals surface area (Å²) in [5.41, 5.74) is 8.00. The lowest BCUT2D eigenvalue weighted by atomic mass is 10.1. The second kappa shape index (κ2) is 6.46. The number of unbranched alkanes of at least 4 members (excludes halogenated alkanes) is 1. The summed E-state index contributed by atoms with van der Waals surface area (Å²) in [6, 6.07) is 5.54. The molecular formula is C16H23N3O.